The SMILES string of the molecule is CC(C)(C)[Si](C)(C)OC(C#Cc1ccc(C(F)(F)F)cc1)[C@@]12CCCC[C@@H]1N2N1C(=O)c2ccccc2C1=O. The van der Waals surface area contributed by atoms with Gasteiger partial charge in [-0.15, -0.1) is 0 Å². The van der Waals surface area contributed by atoms with Gasteiger partial charge in [0.2, 0.25) is 0 Å². The molecule has 206 valence electrons. The Morgan fingerprint density at radius 2 is 1.56 bits per heavy atom. The van der Waals surface area contributed by atoms with Crippen LogP contribution in [0.3, 0.4) is 0 Å². The quantitative estimate of drug-likeness (QED) is 0.184. The number of fused-ring (bicyclic) bond motifs is 2. The van der Waals surface area contributed by atoms with Gasteiger partial charge in [0, 0.05) is 5.56 Å². The molecule has 0 bridgehead atoms. The summed E-state index contributed by atoms with van der Waals surface area (Å²) in [6.45, 7) is 10.6. The van der Waals surface area contributed by atoms with Gasteiger partial charge in [-0.1, -0.05) is 57.6 Å². The summed E-state index contributed by atoms with van der Waals surface area (Å²) in [5.74, 6) is 5.65. The second kappa shape index (κ2) is 9.32. The Bertz CT molecular complexity index is 1340. The van der Waals surface area contributed by atoms with Crippen LogP contribution in [0.1, 0.15) is 78.3 Å². The molecule has 4 atom stereocenters. The predicted molar refractivity (Wildman–Crippen MR) is 144 cm³/mol. The zero-order valence-electron chi connectivity index (χ0n) is 22.9. The first-order valence-electron chi connectivity index (χ1n) is 13.3. The zero-order valence-corrected chi connectivity index (χ0v) is 23.9. The van der Waals surface area contributed by atoms with Crippen molar-refractivity contribution in [2.45, 2.75) is 88.4 Å². The van der Waals surface area contributed by atoms with Crippen molar-refractivity contribution in [2.24, 2.45) is 0 Å². The van der Waals surface area contributed by atoms with Crippen LogP contribution >= 0.6 is 0 Å². The molecule has 2 amide bonds. The molecule has 2 unspecified atom stereocenters. The summed E-state index contributed by atoms with van der Waals surface area (Å²) in [7, 11) is -2.38. The maximum absolute atomic E-state index is 13.4. The molecule has 5 rings (SSSR count). The van der Waals surface area contributed by atoms with E-state index in [1.807, 2.05) is 5.01 Å². The molecular formula is C30H33F3N2O3Si. The van der Waals surface area contributed by atoms with Crippen LogP contribution in [0.5, 0.6) is 0 Å². The zero-order chi connectivity index (χ0) is 28.4. The number of halogens is 3. The molecule has 2 aromatic rings. The van der Waals surface area contributed by atoms with Crippen LogP contribution in [0.4, 0.5) is 13.2 Å². The first-order chi connectivity index (χ1) is 18.2. The lowest BCUT2D eigenvalue weighted by Crippen LogP contribution is -2.51. The summed E-state index contributed by atoms with van der Waals surface area (Å²) >= 11 is 0. The molecule has 39 heavy (non-hydrogen) atoms. The van der Waals surface area contributed by atoms with Crippen LogP contribution in [0.15, 0.2) is 48.5 Å². The first kappa shape index (κ1) is 27.6. The second-order valence-corrected chi connectivity index (χ2v) is 16.9. The van der Waals surface area contributed by atoms with Gasteiger partial charge in [-0.3, -0.25) is 9.59 Å². The summed E-state index contributed by atoms with van der Waals surface area (Å²) < 4.78 is 46.1. The third-order valence-electron chi connectivity index (χ3n) is 8.76. The minimum absolute atomic E-state index is 0.0925. The summed E-state index contributed by atoms with van der Waals surface area (Å²) in [6.07, 6.45) is -1.69. The van der Waals surface area contributed by atoms with E-state index in [4.69, 9.17) is 4.43 Å². The third kappa shape index (κ3) is 4.62. The van der Waals surface area contributed by atoms with Gasteiger partial charge in [0.05, 0.1) is 28.3 Å². The molecule has 2 aromatic carbocycles. The van der Waals surface area contributed by atoms with E-state index in [0.717, 1.165) is 31.4 Å². The van der Waals surface area contributed by atoms with Crippen molar-refractivity contribution in [2.75, 3.05) is 0 Å². The fraction of sp³-hybridized carbons (Fsp3) is 0.467. The van der Waals surface area contributed by atoms with Crippen molar-refractivity contribution in [3.8, 4) is 11.8 Å². The van der Waals surface area contributed by atoms with E-state index in [-0.39, 0.29) is 22.9 Å². The smallest absolute Gasteiger partial charge is 0.401 e. The normalized spacial score (nSPS) is 25.5. The van der Waals surface area contributed by atoms with Gasteiger partial charge in [-0.05, 0) is 67.4 Å². The number of rotatable bonds is 4. The number of imide groups is 1. The lowest BCUT2D eigenvalue weighted by Gasteiger charge is -2.41. The summed E-state index contributed by atoms with van der Waals surface area (Å²) in [5.41, 5.74) is -0.173. The molecule has 0 radical (unpaired) electrons. The Hall–Kier alpha value is -2.93. The Morgan fingerprint density at radius 3 is 2.10 bits per heavy atom. The molecular weight excluding hydrogens is 521 g/mol. The molecule has 2 heterocycles. The van der Waals surface area contributed by atoms with Crippen LogP contribution in [0, 0.1) is 11.8 Å². The number of carbonyl (C=O) groups is 2. The summed E-state index contributed by atoms with van der Waals surface area (Å²) in [5, 5.41) is 3.05. The number of hydrogen-bond acceptors (Lipinski definition) is 4. The van der Waals surface area contributed by atoms with Gasteiger partial charge in [0.15, 0.2) is 8.32 Å². The standard InChI is InChI=1S/C30H33F3N2O3Si/c1-28(2,3)39(4,5)38-25(18-15-20-13-16-21(17-14-20)30(31,32)33)29-19-9-8-12-24(29)35(29)34-26(36)22-10-6-7-11-23(22)27(34)37/h6-7,10-11,13-14,16-17,24-25H,8-9,12,19H2,1-5H3/t24-,25?,29+,35?/m0/s1. The van der Waals surface area contributed by atoms with Crippen LogP contribution in [-0.4, -0.2) is 47.8 Å². The van der Waals surface area contributed by atoms with E-state index >= 15 is 0 Å². The molecule has 2 aliphatic heterocycles. The molecule has 5 nitrogen and oxygen atoms in total. The van der Waals surface area contributed by atoms with E-state index in [1.165, 1.54) is 17.1 Å². The van der Waals surface area contributed by atoms with Crippen molar-refractivity contribution >= 4 is 20.1 Å². The highest BCUT2D eigenvalue weighted by Crippen LogP contribution is 2.57. The fourth-order valence-corrected chi connectivity index (χ4v) is 6.74. The van der Waals surface area contributed by atoms with Crippen LogP contribution in [0.25, 0.3) is 0 Å². The van der Waals surface area contributed by atoms with Crippen molar-refractivity contribution < 1.29 is 27.2 Å². The minimum Gasteiger partial charge on any atom is -0.401 e. The molecule has 0 N–H and O–H groups in total. The number of alkyl halides is 3. The second-order valence-electron chi connectivity index (χ2n) is 12.2. The minimum atomic E-state index is -4.42. The Kier molecular flexibility index (Phi) is 6.60. The number of nitrogens with zero attached hydrogens (tertiary/aromatic N) is 2. The van der Waals surface area contributed by atoms with Gasteiger partial charge in [-0.25, -0.2) is 5.01 Å². The highest BCUT2D eigenvalue weighted by atomic mass is 28.4. The predicted octanol–water partition coefficient (Wildman–Crippen LogP) is 6.66. The molecule has 1 aliphatic carbocycles. The molecule has 3 aliphatic rings. The molecule has 9 heteroatoms. The first-order valence-corrected chi connectivity index (χ1v) is 16.2. The molecule has 2 fully saturated rings. The Labute approximate surface area is 228 Å². The lowest BCUT2D eigenvalue weighted by atomic mass is 9.85. The largest absolute Gasteiger partial charge is 0.416 e. The number of carbonyl (C=O) groups excluding carboxylic acids is 2. The van der Waals surface area contributed by atoms with E-state index in [0.29, 0.717) is 23.1 Å². The Morgan fingerprint density at radius 1 is 0.974 bits per heavy atom. The van der Waals surface area contributed by atoms with Gasteiger partial charge in [0.25, 0.3) is 11.8 Å². The molecule has 0 aromatic heterocycles. The van der Waals surface area contributed by atoms with Gasteiger partial charge < -0.3 is 4.43 Å². The third-order valence-corrected chi connectivity index (χ3v) is 13.2. The Balaban J connectivity index is 1.54. The van der Waals surface area contributed by atoms with E-state index in [1.54, 1.807) is 24.3 Å². The lowest BCUT2D eigenvalue weighted by molar-refractivity contribution is -0.137. The monoisotopic (exact) mass is 554 g/mol. The average molecular weight is 555 g/mol. The number of amides is 2. The highest BCUT2D eigenvalue weighted by Gasteiger charge is 2.72. The fourth-order valence-electron chi connectivity index (χ4n) is 5.54. The maximum atomic E-state index is 13.4. The van der Waals surface area contributed by atoms with Crippen LogP contribution in [0.2, 0.25) is 18.1 Å². The van der Waals surface area contributed by atoms with Gasteiger partial charge in [-0.2, -0.15) is 18.2 Å². The van der Waals surface area contributed by atoms with Crippen molar-refractivity contribution in [3.63, 3.8) is 0 Å². The maximum Gasteiger partial charge on any atom is 0.416 e. The molecule has 1 saturated heterocycles. The van der Waals surface area contributed by atoms with E-state index in [9.17, 15) is 22.8 Å². The van der Waals surface area contributed by atoms with Gasteiger partial charge in [0.1, 0.15) is 6.10 Å². The topological polar surface area (TPSA) is 49.6 Å². The summed E-state index contributed by atoms with van der Waals surface area (Å²) in [4.78, 5) is 26.9. The highest BCUT2D eigenvalue weighted by molar-refractivity contribution is 6.74. The van der Waals surface area contributed by atoms with Crippen LogP contribution < -0.4 is 0 Å². The van der Waals surface area contributed by atoms with Gasteiger partial charge >= 0.3 is 6.18 Å². The number of hydrazine groups is 1. The van der Waals surface area contributed by atoms with Crippen molar-refractivity contribution in [3.05, 3.63) is 70.8 Å². The number of benzene rings is 2. The van der Waals surface area contributed by atoms with Crippen molar-refractivity contribution in [1.82, 2.24) is 10.0 Å². The van der Waals surface area contributed by atoms with E-state index in [2.05, 4.69) is 45.7 Å². The van der Waals surface area contributed by atoms with Crippen LogP contribution in [-0.2, 0) is 10.6 Å². The summed E-state index contributed by atoms with van der Waals surface area (Å²) in [6, 6.07) is 11.5. The van der Waals surface area contributed by atoms with E-state index < -0.39 is 31.7 Å². The molecule has 0 spiro atoms. The molecule has 1 saturated carbocycles. The average Bonchev–Trinajstić information content (AvgIpc) is 3.47. The number of hydrogen-bond donors (Lipinski definition) is 0. The van der Waals surface area contributed by atoms with Crippen molar-refractivity contribution in [1.29, 1.82) is 0 Å².